The molecule has 0 aliphatic rings. The first-order valence-corrected chi connectivity index (χ1v) is 8.42. The molecule has 6 heteroatoms. The summed E-state index contributed by atoms with van der Waals surface area (Å²) in [6.45, 7) is 0.607. The minimum Gasteiger partial charge on any atom is -0.481 e. The number of nitrogens with one attached hydrogen (secondary N) is 1. The molecule has 0 aliphatic carbocycles. The zero-order valence-electron chi connectivity index (χ0n) is 11.8. The third-order valence-corrected chi connectivity index (χ3v) is 4.02. The Hall–Kier alpha value is -1.20. The lowest BCUT2D eigenvalue weighted by atomic mass is 10.2. The molecule has 1 amide bonds. The minimum atomic E-state index is -0.767. The molecule has 0 saturated heterocycles. The molecule has 1 rings (SSSR count). The largest absolute Gasteiger partial charge is 0.481 e. The van der Waals surface area contributed by atoms with Crippen molar-refractivity contribution in [2.24, 2.45) is 0 Å². The summed E-state index contributed by atoms with van der Waals surface area (Å²) in [5, 5.41) is 12.0. The third-order valence-electron chi connectivity index (χ3n) is 2.78. The van der Waals surface area contributed by atoms with E-state index in [2.05, 4.69) is 5.32 Å². The molecule has 116 valence electrons. The summed E-state index contributed by atoms with van der Waals surface area (Å²) >= 11 is 7.44. The standard InChI is InChI=1S/C15H20ClNO3S/c16-13-6-4-5-12(9-13)10-21-11-14(18)17-8-3-1-2-7-15(19)20/h4-6,9H,1-3,7-8,10-11H2,(H,17,18)(H,19,20). The van der Waals surface area contributed by atoms with Crippen LogP contribution in [0.4, 0.5) is 0 Å². The molecule has 0 saturated carbocycles. The van der Waals surface area contributed by atoms with Gasteiger partial charge in [-0.1, -0.05) is 30.2 Å². The molecule has 0 fully saturated rings. The average molecular weight is 330 g/mol. The van der Waals surface area contributed by atoms with Crippen LogP contribution >= 0.6 is 23.4 Å². The van der Waals surface area contributed by atoms with Gasteiger partial charge in [-0.05, 0) is 30.5 Å². The molecular weight excluding hydrogens is 310 g/mol. The molecule has 0 spiro atoms. The Kier molecular flexibility index (Phi) is 8.94. The van der Waals surface area contributed by atoms with E-state index in [1.165, 1.54) is 0 Å². The normalized spacial score (nSPS) is 10.3. The van der Waals surface area contributed by atoms with E-state index in [4.69, 9.17) is 16.7 Å². The second kappa shape index (κ2) is 10.5. The molecule has 0 heterocycles. The third kappa shape index (κ3) is 9.37. The van der Waals surface area contributed by atoms with Crippen molar-refractivity contribution in [3.8, 4) is 0 Å². The number of unbranched alkanes of at least 4 members (excludes halogenated alkanes) is 2. The summed E-state index contributed by atoms with van der Waals surface area (Å²) in [4.78, 5) is 21.9. The first-order valence-electron chi connectivity index (χ1n) is 6.88. The van der Waals surface area contributed by atoms with Gasteiger partial charge in [0.1, 0.15) is 0 Å². The summed E-state index contributed by atoms with van der Waals surface area (Å²) in [6, 6.07) is 7.61. The van der Waals surface area contributed by atoms with Crippen LogP contribution in [0.1, 0.15) is 31.2 Å². The highest BCUT2D eigenvalue weighted by molar-refractivity contribution is 7.99. The molecule has 1 aromatic carbocycles. The summed E-state index contributed by atoms with van der Waals surface area (Å²) in [5.74, 6) is 0.422. The van der Waals surface area contributed by atoms with Gasteiger partial charge in [-0.25, -0.2) is 0 Å². The van der Waals surface area contributed by atoms with Gasteiger partial charge in [-0.3, -0.25) is 9.59 Å². The predicted octanol–water partition coefficient (Wildman–Crippen LogP) is 3.33. The van der Waals surface area contributed by atoms with Crippen molar-refractivity contribution in [1.82, 2.24) is 5.32 Å². The monoisotopic (exact) mass is 329 g/mol. The second-order valence-corrected chi connectivity index (χ2v) is 6.10. The summed E-state index contributed by atoms with van der Waals surface area (Å²) in [7, 11) is 0. The molecule has 0 aromatic heterocycles. The first-order chi connectivity index (χ1) is 10.1. The molecule has 0 radical (unpaired) electrons. The zero-order chi connectivity index (χ0) is 15.5. The van der Waals surface area contributed by atoms with Crippen LogP contribution in [-0.4, -0.2) is 29.3 Å². The van der Waals surface area contributed by atoms with Gasteiger partial charge in [0.2, 0.25) is 5.91 Å². The van der Waals surface area contributed by atoms with Crippen LogP contribution in [0.2, 0.25) is 5.02 Å². The number of carbonyl (C=O) groups is 2. The number of amides is 1. The van der Waals surface area contributed by atoms with Crippen LogP contribution < -0.4 is 5.32 Å². The molecule has 21 heavy (non-hydrogen) atoms. The van der Waals surface area contributed by atoms with Gasteiger partial charge in [0.05, 0.1) is 5.75 Å². The van der Waals surface area contributed by atoms with Crippen LogP contribution in [0, 0.1) is 0 Å². The lowest BCUT2D eigenvalue weighted by Crippen LogP contribution is -2.26. The number of halogens is 1. The Bertz CT molecular complexity index is 468. The van der Waals surface area contributed by atoms with Crippen molar-refractivity contribution in [1.29, 1.82) is 0 Å². The van der Waals surface area contributed by atoms with Crippen LogP contribution in [0.15, 0.2) is 24.3 Å². The number of carbonyl (C=O) groups excluding carboxylic acids is 1. The second-order valence-electron chi connectivity index (χ2n) is 4.68. The van der Waals surface area contributed by atoms with Gasteiger partial charge in [-0.15, -0.1) is 11.8 Å². The number of rotatable bonds is 10. The molecule has 0 bridgehead atoms. The lowest BCUT2D eigenvalue weighted by Gasteiger charge is -2.05. The topological polar surface area (TPSA) is 66.4 Å². The van der Waals surface area contributed by atoms with Crippen molar-refractivity contribution in [3.63, 3.8) is 0 Å². The van der Waals surface area contributed by atoms with Crippen molar-refractivity contribution in [2.45, 2.75) is 31.4 Å². The van der Waals surface area contributed by atoms with Crippen LogP contribution in [0.25, 0.3) is 0 Å². The molecule has 0 unspecified atom stereocenters. The average Bonchev–Trinajstić information content (AvgIpc) is 2.42. The first kappa shape index (κ1) is 17.9. The maximum atomic E-state index is 11.6. The van der Waals surface area contributed by atoms with Gasteiger partial charge in [0, 0.05) is 23.7 Å². The van der Waals surface area contributed by atoms with E-state index in [1.807, 2.05) is 24.3 Å². The summed E-state index contributed by atoms with van der Waals surface area (Å²) in [6.07, 6.45) is 2.50. The van der Waals surface area contributed by atoms with Gasteiger partial charge in [-0.2, -0.15) is 0 Å². The number of benzene rings is 1. The van der Waals surface area contributed by atoms with Crippen molar-refractivity contribution < 1.29 is 14.7 Å². The summed E-state index contributed by atoms with van der Waals surface area (Å²) in [5.41, 5.74) is 1.11. The fourth-order valence-electron chi connectivity index (χ4n) is 1.75. The Balaban J connectivity index is 2.02. The van der Waals surface area contributed by atoms with Crippen molar-refractivity contribution in [2.75, 3.05) is 12.3 Å². The van der Waals surface area contributed by atoms with E-state index in [1.54, 1.807) is 11.8 Å². The highest BCUT2D eigenvalue weighted by Gasteiger charge is 2.02. The predicted molar refractivity (Wildman–Crippen MR) is 86.7 cm³/mol. The Morgan fingerprint density at radius 2 is 2.05 bits per heavy atom. The van der Waals surface area contributed by atoms with Crippen molar-refractivity contribution >= 4 is 35.2 Å². The molecule has 0 aliphatic heterocycles. The van der Waals surface area contributed by atoms with E-state index in [9.17, 15) is 9.59 Å². The van der Waals surface area contributed by atoms with E-state index in [0.717, 1.165) is 24.2 Å². The summed E-state index contributed by atoms with van der Waals surface area (Å²) < 4.78 is 0. The van der Waals surface area contributed by atoms with E-state index in [-0.39, 0.29) is 12.3 Å². The maximum absolute atomic E-state index is 11.6. The minimum absolute atomic E-state index is 0.0141. The molecule has 1 aromatic rings. The van der Waals surface area contributed by atoms with Gasteiger partial charge in [0.15, 0.2) is 0 Å². The van der Waals surface area contributed by atoms with Gasteiger partial charge < -0.3 is 10.4 Å². The van der Waals surface area contributed by atoms with E-state index < -0.39 is 5.97 Å². The van der Waals surface area contributed by atoms with Crippen LogP contribution in [-0.2, 0) is 15.3 Å². The highest BCUT2D eigenvalue weighted by atomic mass is 35.5. The zero-order valence-corrected chi connectivity index (χ0v) is 13.4. The van der Waals surface area contributed by atoms with Crippen LogP contribution in [0.3, 0.4) is 0 Å². The van der Waals surface area contributed by atoms with Crippen LogP contribution in [0.5, 0.6) is 0 Å². The Morgan fingerprint density at radius 3 is 2.76 bits per heavy atom. The highest BCUT2D eigenvalue weighted by Crippen LogP contribution is 2.16. The number of thioether (sulfide) groups is 1. The number of aliphatic carboxylic acids is 1. The van der Waals surface area contributed by atoms with Crippen molar-refractivity contribution in [3.05, 3.63) is 34.9 Å². The lowest BCUT2D eigenvalue weighted by molar-refractivity contribution is -0.137. The van der Waals surface area contributed by atoms with E-state index in [0.29, 0.717) is 23.7 Å². The number of carboxylic acids is 1. The fourth-order valence-corrected chi connectivity index (χ4v) is 2.76. The molecule has 4 nitrogen and oxygen atoms in total. The molecular formula is C15H20ClNO3S. The quantitative estimate of drug-likeness (QED) is 0.646. The van der Waals surface area contributed by atoms with Gasteiger partial charge >= 0.3 is 5.97 Å². The number of hydrogen-bond donors (Lipinski definition) is 2. The fraction of sp³-hybridized carbons (Fsp3) is 0.467. The number of hydrogen-bond acceptors (Lipinski definition) is 3. The van der Waals surface area contributed by atoms with E-state index >= 15 is 0 Å². The Morgan fingerprint density at radius 1 is 1.24 bits per heavy atom. The van der Waals surface area contributed by atoms with Gasteiger partial charge in [0.25, 0.3) is 0 Å². The SMILES string of the molecule is O=C(O)CCCCCNC(=O)CSCc1cccc(Cl)c1. The molecule has 0 atom stereocenters. The number of carboxylic acid groups (broad SMARTS) is 1. The Labute approximate surface area is 134 Å². The molecule has 2 N–H and O–H groups in total. The smallest absolute Gasteiger partial charge is 0.303 e. The maximum Gasteiger partial charge on any atom is 0.303 e.